The lowest BCUT2D eigenvalue weighted by molar-refractivity contribution is 0.216. The van der Waals surface area contributed by atoms with Crippen LogP contribution in [-0.4, -0.2) is 63.6 Å². The second kappa shape index (κ2) is 6.88. The van der Waals surface area contributed by atoms with Crippen molar-refractivity contribution in [3.05, 3.63) is 52.6 Å². The molecule has 2 aliphatic heterocycles. The lowest BCUT2D eigenvalue weighted by Crippen LogP contribution is -2.37. The fourth-order valence-electron chi connectivity index (χ4n) is 5.40. The van der Waals surface area contributed by atoms with Gasteiger partial charge < -0.3 is 16.4 Å². The summed E-state index contributed by atoms with van der Waals surface area (Å²) in [6.07, 6.45) is 1.65. The summed E-state index contributed by atoms with van der Waals surface area (Å²) in [6, 6.07) is 10.0. The van der Waals surface area contributed by atoms with E-state index in [4.69, 9.17) is 11.5 Å². The lowest BCUT2D eigenvalue weighted by Gasteiger charge is -2.19. The first-order valence-electron chi connectivity index (χ1n) is 11.0. The molecule has 5 N–H and O–H groups in total. The summed E-state index contributed by atoms with van der Waals surface area (Å²) < 4.78 is 1.48. The fourth-order valence-corrected chi connectivity index (χ4v) is 5.40. The summed E-state index contributed by atoms with van der Waals surface area (Å²) in [5.41, 5.74) is 13.5. The van der Waals surface area contributed by atoms with Crippen molar-refractivity contribution in [1.29, 1.82) is 0 Å². The number of likely N-dealkylation sites (tertiary alicyclic amines) is 2. The molecule has 6 rings (SSSR count). The standard InChI is InChI=1S/C22H27N7O2/c23-19-14-8-27(9-15(14)19)7-12-1-3-13(4-2-12)29-6-5-18(26-22(29)31)25-21(30)28-10-16-17(11-28)20(16)24/h1-6,14-17,19-20H,7-11,23-24H2,(H,25,26,30,31). The van der Waals surface area contributed by atoms with Gasteiger partial charge in [0.15, 0.2) is 0 Å². The smallest absolute Gasteiger partial charge is 0.327 e. The molecule has 2 amide bonds. The van der Waals surface area contributed by atoms with Crippen LogP contribution in [0.1, 0.15) is 5.56 Å². The molecule has 9 heteroatoms. The monoisotopic (exact) mass is 421 g/mol. The Morgan fingerprint density at radius 1 is 0.968 bits per heavy atom. The topological polar surface area (TPSA) is 123 Å². The third-order valence-corrected chi connectivity index (χ3v) is 7.54. The minimum atomic E-state index is -0.426. The molecule has 9 nitrogen and oxygen atoms in total. The Morgan fingerprint density at radius 3 is 2.19 bits per heavy atom. The Morgan fingerprint density at radius 2 is 1.58 bits per heavy atom. The molecule has 2 saturated heterocycles. The molecule has 4 aliphatic rings. The quantitative estimate of drug-likeness (QED) is 0.641. The van der Waals surface area contributed by atoms with E-state index in [1.54, 1.807) is 17.2 Å². The number of benzene rings is 1. The molecule has 4 fully saturated rings. The summed E-state index contributed by atoms with van der Waals surface area (Å²) in [6.45, 7) is 4.41. The summed E-state index contributed by atoms with van der Waals surface area (Å²) in [5, 5.41) is 2.73. The van der Waals surface area contributed by atoms with E-state index in [1.807, 2.05) is 24.3 Å². The SMILES string of the molecule is NC1C2CN(Cc3ccc(-n4ccc(NC(=O)N5CC6C(N)C6C5)nc4=O)cc3)CC12. The van der Waals surface area contributed by atoms with Crippen LogP contribution in [-0.2, 0) is 6.54 Å². The number of piperidine rings is 2. The molecule has 2 saturated carbocycles. The summed E-state index contributed by atoms with van der Waals surface area (Å²) >= 11 is 0. The Kier molecular flexibility index (Phi) is 4.21. The molecule has 0 radical (unpaired) electrons. The van der Waals surface area contributed by atoms with Gasteiger partial charge in [-0.3, -0.25) is 14.8 Å². The van der Waals surface area contributed by atoms with Crippen LogP contribution in [0.3, 0.4) is 0 Å². The molecule has 2 aliphatic carbocycles. The number of hydrogen-bond acceptors (Lipinski definition) is 6. The molecule has 1 aromatic heterocycles. The number of nitrogens with zero attached hydrogens (tertiary/aromatic N) is 4. The molecule has 0 spiro atoms. The van der Waals surface area contributed by atoms with Gasteiger partial charge in [0.1, 0.15) is 5.82 Å². The van der Waals surface area contributed by atoms with Crippen molar-refractivity contribution in [2.45, 2.75) is 18.6 Å². The summed E-state index contributed by atoms with van der Waals surface area (Å²) in [7, 11) is 0. The van der Waals surface area contributed by atoms with E-state index in [-0.39, 0.29) is 17.9 Å². The van der Waals surface area contributed by atoms with Crippen LogP contribution in [0.4, 0.5) is 10.6 Å². The Hall–Kier alpha value is -2.75. The highest BCUT2D eigenvalue weighted by molar-refractivity contribution is 5.88. The van der Waals surface area contributed by atoms with Crippen LogP contribution in [0.25, 0.3) is 5.69 Å². The zero-order valence-corrected chi connectivity index (χ0v) is 17.2. The number of amides is 2. The number of carbonyl (C=O) groups is 1. The number of hydrogen-bond donors (Lipinski definition) is 3. The van der Waals surface area contributed by atoms with E-state index in [0.717, 1.165) is 25.3 Å². The summed E-state index contributed by atoms with van der Waals surface area (Å²) in [4.78, 5) is 33.1. The average Bonchev–Trinajstić information content (AvgIpc) is 3.35. The largest absolute Gasteiger partial charge is 0.354 e. The van der Waals surface area contributed by atoms with Gasteiger partial charge in [-0.05, 0) is 47.4 Å². The molecule has 1 aromatic carbocycles. The molecule has 31 heavy (non-hydrogen) atoms. The number of nitrogens with one attached hydrogen (secondary N) is 1. The number of rotatable bonds is 4. The van der Waals surface area contributed by atoms with Gasteiger partial charge in [-0.1, -0.05) is 12.1 Å². The average molecular weight is 422 g/mol. The molecular weight excluding hydrogens is 394 g/mol. The second-order valence-corrected chi connectivity index (χ2v) is 9.47. The van der Waals surface area contributed by atoms with Gasteiger partial charge in [-0.15, -0.1) is 0 Å². The van der Waals surface area contributed by atoms with Crippen LogP contribution in [0.5, 0.6) is 0 Å². The maximum Gasteiger partial charge on any atom is 0.354 e. The highest BCUT2D eigenvalue weighted by Gasteiger charge is 2.55. The maximum absolute atomic E-state index is 12.5. The van der Waals surface area contributed by atoms with Crippen LogP contribution < -0.4 is 22.5 Å². The number of urea groups is 1. The first kappa shape index (κ1) is 19.0. The predicted octanol–water partition coefficient (Wildman–Crippen LogP) is 0.0422. The van der Waals surface area contributed by atoms with Crippen molar-refractivity contribution in [3.8, 4) is 5.69 Å². The van der Waals surface area contributed by atoms with Crippen molar-refractivity contribution in [1.82, 2.24) is 19.4 Å². The van der Waals surface area contributed by atoms with E-state index in [9.17, 15) is 9.59 Å². The van der Waals surface area contributed by atoms with Gasteiger partial charge >= 0.3 is 11.7 Å². The van der Waals surface area contributed by atoms with Crippen molar-refractivity contribution in [2.75, 3.05) is 31.5 Å². The maximum atomic E-state index is 12.5. The number of anilines is 1. The third-order valence-electron chi connectivity index (χ3n) is 7.54. The van der Waals surface area contributed by atoms with E-state index < -0.39 is 5.69 Å². The van der Waals surface area contributed by atoms with Crippen LogP contribution in [0.15, 0.2) is 41.3 Å². The minimum Gasteiger partial charge on any atom is -0.327 e. The number of fused-ring (bicyclic) bond motifs is 2. The minimum absolute atomic E-state index is 0.228. The fraction of sp³-hybridized carbons (Fsp3) is 0.500. The van der Waals surface area contributed by atoms with Crippen molar-refractivity contribution < 1.29 is 4.79 Å². The van der Waals surface area contributed by atoms with E-state index in [2.05, 4.69) is 15.2 Å². The van der Waals surface area contributed by atoms with Gasteiger partial charge in [0, 0.05) is 51.0 Å². The lowest BCUT2D eigenvalue weighted by atomic mass is 10.2. The number of nitrogens with two attached hydrogens (primary N) is 2. The van der Waals surface area contributed by atoms with Gasteiger partial charge in [0.2, 0.25) is 0 Å². The zero-order valence-electron chi connectivity index (χ0n) is 17.2. The molecular formula is C22H27N7O2. The molecule has 2 aromatic rings. The third kappa shape index (κ3) is 3.33. The molecule has 4 atom stereocenters. The van der Waals surface area contributed by atoms with Crippen LogP contribution in [0, 0.1) is 23.7 Å². The molecule has 0 bridgehead atoms. The van der Waals surface area contributed by atoms with Crippen molar-refractivity contribution in [2.24, 2.45) is 35.1 Å². The van der Waals surface area contributed by atoms with E-state index in [1.165, 1.54) is 10.1 Å². The van der Waals surface area contributed by atoms with Crippen molar-refractivity contribution in [3.63, 3.8) is 0 Å². The van der Waals surface area contributed by atoms with Crippen LogP contribution >= 0.6 is 0 Å². The van der Waals surface area contributed by atoms with Crippen molar-refractivity contribution >= 4 is 11.8 Å². The highest BCUT2D eigenvalue weighted by atomic mass is 16.2. The van der Waals surface area contributed by atoms with Gasteiger partial charge in [0.25, 0.3) is 0 Å². The molecule has 4 unspecified atom stereocenters. The van der Waals surface area contributed by atoms with Gasteiger partial charge in [-0.25, -0.2) is 9.59 Å². The zero-order chi connectivity index (χ0) is 21.3. The molecule has 162 valence electrons. The predicted molar refractivity (Wildman–Crippen MR) is 116 cm³/mol. The summed E-state index contributed by atoms with van der Waals surface area (Å²) in [5.74, 6) is 2.46. The Labute approximate surface area is 180 Å². The first-order chi connectivity index (χ1) is 15.0. The second-order valence-electron chi connectivity index (χ2n) is 9.47. The Bertz CT molecular complexity index is 1060. The molecule has 3 heterocycles. The number of aromatic nitrogens is 2. The van der Waals surface area contributed by atoms with E-state index in [0.29, 0.717) is 42.8 Å². The Balaban J connectivity index is 1.08. The van der Waals surface area contributed by atoms with Gasteiger partial charge in [0.05, 0.1) is 5.69 Å². The first-order valence-corrected chi connectivity index (χ1v) is 11.0. The van der Waals surface area contributed by atoms with Crippen LogP contribution in [0.2, 0.25) is 0 Å². The normalized spacial score (nSPS) is 33.2. The highest BCUT2D eigenvalue weighted by Crippen LogP contribution is 2.44. The van der Waals surface area contributed by atoms with Gasteiger partial charge in [-0.2, -0.15) is 4.98 Å². The number of carbonyl (C=O) groups excluding carboxylic acids is 1. The van der Waals surface area contributed by atoms with E-state index >= 15 is 0 Å².